The lowest BCUT2D eigenvalue weighted by atomic mass is 10.1. The van der Waals surface area contributed by atoms with Gasteiger partial charge in [0, 0.05) is 0 Å². The van der Waals surface area contributed by atoms with Crippen LogP contribution in [0, 0.1) is 11.3 Å². The minimum Gasteiger partial charge on any atom is -0.497 e. The monoisotopic (exact) mass is 217 g/mol. The van der Waals surface area contributed by atoms with Gasteiger partial charge >= 0.3 is 5.97 Å². The Labute approximate surface area is 93.4 Å². The average Bonchev–Trinajstić information content (AvgIpc) is 2.29. The van der Waals surface area contributed by atoms with Crippen LogP contribution in [0.4, 0.5) is 0 Å². The summed E-state index contributed by atoms with van der Waals surface area (Å²) in [5, 5.41) is 17.2. The highest BCUT2D eigenvalue weighted by Crippen LogP contribution is 2.18. The van der Waals surface area contributed by atoms with E-state index in [1.54, 1.807) is 18.2 Å². The Morgan fingerprint density at radius 1 is 1.56 bits per heavy atom. The number of benzene rings is 1. The van der Waals surface area contributed by atoms with Crippen LogP contribution in [0.15, 0.2) is 24.3 Å². The third-order valence-electron chi connectivity index (χ3n) is 1.93. The van der Waals surface area contributed by atoms with Crippen molar-refractivity contribution in [2.24, 2.45) is 0 Å². The zero-order valence-corrected chi connectivity index (χ0v) is 8.80. The third-order valence-corrected chi connectivity index (χ3v) is 1.93. The molecule has 0 saturated heterocycles. The van der Waals surface area contributed by atoms with E-state index in [9.17, 15) is 4.79 Å². The van der Waals surface area contributed by atoms with Gasteiger partial charge in [-0.15, -0.1) is 0 Å². The summed E-state index contributed by atoms with van der Waals surface area (Å²) in [6.07, 6.45) is 3.65. The Morgan fingerprint density at radius 2 is 2.31 bits per heavy atom. The first kappa shape index (κ1) is 11.8. The molecule has 0 unspecified atom stereocenters. The number of aromatic carboxylic acids is 1. The van der Waals surface area contributed by atoms with Gasteiger partial charge in [0.15, 0.2) is 0 Å². The number of carbonyl (C=O) groups is 1. The van der Waals surface area contributed by atoms with E-state index in [0.29, 0.717) is 17.7 Å². The van der Waals surface area contributed by atoms with Gasteiger partial charge in [0.05, 0.1) is 25.2 Å². The fraction of sp³-hybridized carbons (Fsp3) is 0.167. The normalized spacial score (nSPS) is 10.0. The van der Waals surface area contributed by atoms with Crippen molar-refractivity contribution in [3.63, 3.8) is 0 Å². The Kier molecular flexibility index (Phi) is 4.10. The lowest BCUT2D eigenvalue weighted by molar-refractivity contribution is 0.0696. The summed E-state index contributed by atoms with van der Waals surface area (Å²) in [5.41, 5.74) is 0.864. The fourth-order valence-electron chi connectivity index (χ4n) is 1.21. The lowest BCUT2D eigenvalue weighted by Gasteiger charge is -2.03. The predicted octanol–water partition coefficient (Wildman–Crippen LogP) is 2.32. The highest BCUT2D eigenvalue weighted by atomic mass is 16.5. The molecule has 0 aliphatic rings. The van der Waals surface area contributed by atoms with E-state index in [0.717, 1.165) is 0 Å². The van der Waals surface area contributed by atoms with Crippen molar-refractivity contribution in [3.05, 3.63) is 35.4 Å². The van der Waals surface area contributed by atoms with E-state index in [1.165, 1.54) is 19.2 Å². The maximum atomic E-state index is 10.8. The van der Waals surface area contributed by atoms with Gasteiger partial charge < -0.3 is 9.84 Å². The SMILES string of the molecule is COc1cc(C=CCC#N)cc(C(=O)O)c1. The number of rotatable bonds is 4. The molecule has 1 rings (SSSR count). The second-order valence-electron chi connectivity index (χ2n) is 3.06. The number of carboxylic acids is 1. The molecular weight excluding hydrogens is 206 g/mol. The molecule has 0 radical (unpaired) electrons. The van der Waals surface area contributed by atoms with Crippen LogP contribution in [-0.4, -0.2) is 18.2 Å². The molecule has 1 N–H and O–H groups in total. The van der Waals surface area contributed by atoms with Gasteiger partial charge in [0.2, 0.25) is 0 Å². The molecule has 1 aromatic carbocycles. The van der Waals surface area contributed by atoms with Gasteiger partial charge in [-0.3, -0.25) is 0 Å². The summed E-state index contributed by atoms with van der Waals surface area (Å²) in [6.45, 7) is 0. The maximum Gasteiger partial charge on any atom is 0.335 e. The van der Waals surface area contributed by atoms with E-state index in [2.05, 4.69) is 0 Å². The minimum absolute atomic E-state index is 0.163. The molecule has 4 heteroatoms. The van der Waals surface area contributed by atoms with Crippen LogP contribution in [0.2, 0.25) is 0 Å². The topological polar surface area (TPSA) is 70.3 Å². The number of allylic oxidation sites excluding steroid dienone is 1. The molecule has 0 aromatic heterocycles. The first-order valence-electron chi connectivity index (χ1n) is 4.63. The van der Waals surface area contributed by atoms with Gasteiger partial charge in [-0.2, -0.15) is 5.26 Å². The Hall–Kier alpha value is -2.28. The van der Waals surface area contributed by atoms with E-state index < -0.39 is 5.97 Å². The number of nitrogens with zero attached hydrogens (tertiary/aromatic N) is 1. The molecule has 82 valence electrons. The van der Waals surface area contributed by atoms with E-state index in [1.807, 2.05) is 6.07 Å². The van der Waals surface area contributed by atoms with Crippen LogP contribution in [0.5, 0.6) is 5.75 Å². The van der Waals surface area contributed by atoms with Gasteiger partial charge in [0.25, 0.3) is 0 Å². The Bertz CT molecular complexity index is 458. The number of hydrogen-bond donors (Lipinski definition) is 1. The first-order chi connectivity index (χ1) is 7.67. The molecule has 0 aliphatic carbocycles. The maximum absolute atomic E-state index is 10.8. The summed E-state index contributed by atoms with van der Waals surface area (Å²) in [7, 11) is 1.48. The Balaban J connectivity index is 3.05. The van der Waals surface area contributed by atoms with Crippen LogP contribution in [0.3, 0.4) is 0 Å². The van der Waals surface area contributed by atoms with Crippen LogP contribution in [-0.2, 0) is 0 Å². The molecule has 0 aliphatic heterocycles. The van der Waals surface area contributed by atoms with Gasteiger partial charge in [-0.05, 0) is 23.8 Å². The van der Waals surface area contributed by atoms with Crippen LogP contribution >= 0.6 is 0 Å². The second-order valence-corrected chi connectivity index (χ2v) is 3.06. The van der Waals surface area contributed by atoms with Crippen molar-refractivity contribution in [1.82, 2.24) is 0 Å². The number of ether oxygens (including phenoxy) is 1. The molecule has 0 amide bonds. The highest BCUT2D eigenvalue weighted by Gasteiger charge is 2.05. The van der Waals surface area contributed by atoms with E-state index >= 15 is 0 Å². The highest BCUT2D eigenvalue weighted by molar-refractivity contribution is 5.89. The number of nitriles is 1. The minimum atomic E-state index is -1.01. The molecule has 1 aromatic rings. The standard InChI is InChI=1S/C12H11NO3/c1-16-11-7-9(4-2-3-5-13)6-10(8-11)12(14)15/h2,4,6-8H,3H2,1H3,(H,14,15). The smallest absolute Gasteiger partial charge is 0.335 e. The molecule has 16 heavy (non-hydrogen) atoms. The summed E-state index contributed by atoms with van der Waals surface area (Å²) < 4.78 is 4.99. The number of carboxylic acid groups (broad SMARTS) is 1. The molecule has 0 fully saturated rings. The van der Waals surface area contributed by atoms with Gasteiger partial charge in [0.1, 0.15) is 5.75 Å². The largest absolute Gasteiger partial charge is 0.497 e. The summed E-state index contributed by atoms with van der Waals surface area (Å²) in [6, 6.07) is 6.65. The van der Waals surface area contributed by atoms with Gasteiger partial charge in [-0.1, -0.05) is 12.2 Å². The van der Waals surface area contributed by atoms with E-state index in [4.69, 9.17) is 15.1 Å². The number of hydrogen-bond acceptors (Lipinski definition) is 3. The molecule has 0 spiro atoms. The van der Waals surface area contributed by atoms with Crippen LogP contribution in [0.25, 0.3) is 6.08 Å². The van der Waals surface area contributed by atoms with Crippen molar-refractivity contribution in [2.45, 2.75) is 6.42 Å². The summed E-state index contributed by atoms with van der Waals surface area (Å²) in [4.78, 5) is 10.8. The van der Waals surface area contributed by atoms with E-state index in [-0.39, 0.29) is 5.56 Å². The van der Waals surface area contributed by atoms with Gasteiger partial charge in [-0.25, -0.2) is 4.79 Å². The molecular formula is C12H11NO3. The predicted molar refractivity (Wildman–Crippen MR) is 59.2 cm³/mol. The van der Waals surface area contributed by atoms with Crippen molar-refractivity contribution >= 4 is 12.0 Å². The third kappa shape index (κ3) is 3.14. The van der Waals surface area contributed by atoms with Crippen LogP contribution < -0.4 is 4.74 Å². The number of methoxy groups -OCH3 is 1. The quantitative estimate of drug-likeness (QED) is 0.840. The molecule has 0 heterocycles. The molecule has 4 nitrogen and oxygen atoms in total. The lowest BCUT2D eigenvalue weighted by Crippen LogP contribution is -1.97. The second kappa shape index (κ2) is 5.56. The summed E-state index contributed by atoms with van der Waals surface area (Å²) in [5.74, 6) is -0.523. The average molecular weight is 217 g/mol. The first-order valence-corrected chi connectivity index (χ1v) is 4.63. The fourth-order valence-corrected chi connectivity index (χ4v) is 1.21. The van der Waals surface area contributed by atoms with Crippen LogP contribution in [0.1, 0.15) is 22.3 Å². The summed E-state index contributed by atoms with van der Waals surface area (Å²) >= 11 is 0. The van der Waals surface area contributed by atoms with Crippen molar-refractivity contribution in [3.8, 4) is 11.8 Å². The molecule has 0 bridgehead atoms. The zero-order valence-electron chi connectivity index (χ0n) is 8.80. The zero-order chi connectivity index (χ0) is 12.0. The Morgan fingerprint density at radius 3 is 2.88 bits per heavy atom. The van der Waals surface area contributed by atoms with Crippen molar-refractivity contribution in [2.75, 3.05) is 7.11 Å². The van der Waals surface area contributed by atoms with Crippen molar-refractivity contribution in [1.29, 1.82) is 5.26 Å². The molecule has 0 atom stereocenters. The van der Waals surface area contributed by atoms with Crippen molar-refractivity contribution < 1.29 is 14.6 Å². The molecule has 0 saturated carbocycles.